The number of benzene rings is 1. The Balaban J connectivity index is 2.60. The van der Waals surface area contributed by atoms with Gasteiger partial charge in [-0.05, 0) is 26.8 Å². The Morgan fingerprint density at radius 1 is 0.857 bits per heavy atom. The van der Waals surface area contributed by atoms with E-state index in [1.165, 1.54) is 32.0 Å². The van der Waals surface area contributed by atoms with Gasteiger partial charge in [0, 0.05) is 12.0 Å². The first-order chi connectivity index (χ1) is 12.4. The van der Waals surface area contributed by atoms with E-state index < -0.39 is 53.0 Å². The highest BCUT2D eigenvalue weighted by atomic mass is 19.4. The molecule has 1 N–H and O–H groups in total. The van der Waals surface area contributed by atoms with Gasteiger partial charge in [-0.1, -0.05) is 18.2 Å². The van der Waals surface area contributed by atoms with E-state index in [2.05, 4.69) is 0 Å². The molecule has 160 valence electrons. The van der Waals surface area contributed by atoms with E-state index in [4.69, 9.17) is 4.74 Å². The van der Waals surface area contributed by atoms with E-state index in [1.54, 1.807) is 0 Å². The second-order valence-electron chi connectivity index (χ2n) is 7.21. The molecule has 0 bridgehead atoms. The minimum absolute atomic E-state index is 0.241. The Morgan fingerprint density at radius 2 is 1.29 bits per heavy atom. The number of rotatable bonds is 5. The van der Waals surface area contributed by atoms with Gasteiger partial charge in [0.25, 0.3) is 5.67 Å². The van der Waals surface area contributed by atoms with Crippen LogP contribution in [0, 0.1) is 0 Å². The van der Waals surface area contributed by atoms with Crippen molar-refractivity contribution in [3.63, 3.8) is 0 Å². The first-order valence-electron chi connectivity index (χ1n) is 8.05. The summed E-state index contributed by atoms with van der Waals surface area (Å²) in [7, 11) is 0. The van der Waals surface area contributed by atoms with Crippen molar-refractivity contribution < 1.29 is 49.4 Å². The third kappa shape index (κ3) is 2.68. The highest BCUT2D eigenvalue weighted by Gasteiger charge is 3.00. The van der Waals surface area contributed by atoms with Gasteiger partial charge < -0.3 is 9.84 Å². The highest BCUT2D eigenvalue weighted by molar-refractivity contribution is 5.39. The van der Waals surface area contributed by atoms with Crippen LogP contribution in [0.4, 0.5) is 39.5 Å². The quantitative estimate of drug-likeness (QED) is 0.648. The lowest BCUT2D eigenvalue weighted by Gasteiger charge is -2.37. The maximum Gasteiger partial charge on any atom is 0.381 e. The van der Waals surface area contributed by atoms with Crippen molar-refractivity contribution in [1.29, 1.82) is 0 Å². The third-order valence-corrected chi connectivity index (χ3v) is 4.60. The molecule has 2 rings (SSSR count). The van der Waals surface area contributed by atoms with Gasteiger partial charge in [-0.3, -0.25) is 0 Å². The molecule has 0 spiro atoms. The van der Waals surface area contributed by atoms with Crippen LogP contribution in [0.5, 0.6) is 5.75 Å². The minimum atomic E-state index is -6.68. The number of alkyl halides is 9. The molecule has 1 saturated carbocycles. The lowest BCUT2D eigenvalue weighted by Crippen LogP contribution is -2.57. The first kappa shape index (κ1) is 22.6. The molecule has 0 aromatic heterocycles. The van der Waals surface area contributed by atoms with Gasteiger partial charge in [-0.25, -0.2) is 4.39 Å². The minimum Gasteiger partial charge on any atom is -0.491 e. The van der Waals surface area contributed by atoms with E-state index in [9.17, 15) is 44.6 Å². The number of aliphatic hydroxyl groups is 1. The van der Waals surface area contributed by atoms with E-state index in [-0.39, 0.29) is 5.75 Å². The molecule has 28 heavy (non-hydrogen) atoms. The molecular weight excluding hydrogens is 407 g/mol. The Bertz CT molecular complexity index is 718. The van der Waals surface area contributed by atoms with Crippen molar-refractivity contribution in [3.05, 3.63) is 29.8 Å². The summed E-state index contributed by atoms with van der Waals surface area (Å²) in [4.78, 5) is 0. The number of para-hydroxylation sites is 1. The Kier molecular flexibility index (Phi) is 4.99. The van der Waals surface area contributed by atoms with Crippen LogP contribution in [0.25, 0.3) is 0 Å². The molecule has 2 nitrogen and oxygen atoms in total. The van der Waals surface area contributed by atoms with Crippen LogP contribution < -0.4 is 4.74 Å². The topological polar surface area (TPSA) is 29.5 Å². The molecule has 0 radical (unpaired) electrons. The number of halogens is 9. The van der Waals surface area contributed by atoms with Crippen molar-refractivity contribution in [3.8, 4) is 5.75 Å². The molecule has 1 aromatic rings. The van der Waals surface area contributed by atoms with E-state index in [0.29, 0.717) is 6.92 Å². The van der Waals surface area contributed by atoms with Gasteiger partial charge >= 0.3 is 23.7 Å². The zero-order valence-electron chi connectivity index (χ0n) is 14.9. The molecule has 11 heteroatoms. The number of ether oxygens (including phenoxy) is 1. The van der Waals surface area contributed by atoms with Crippen LogP contribution in [0.2, 0.25) is 0 Å². The third-order valence-electron chi connectivity index (χ3n) is 4.60. The maximum atomic E-state index is 14.8. The first-order valence-corrected chi connectivity index (χ1v) is 8.05. The summed E-state index contributed by atoms with van der Waals surface area (Å²) in [5.41, 5.74) is -9.24. The largest absolute Gasteiger partial charge is 0.491 e. The molecule has 1 aliphatic rings. The van der Waals surface area contributed by atoms with E-state index in [0.717, 1.165) is 6.07 Å². The summed E-state index contributed by atoms with van der Waals surface area (Å²) < 4.78 is 129. The molecule has 1 atom stereocenters. The summed E-state index contributed by atoms with van der Waals surface area (Å²) in [6.45, 7) is 3.60. The number of hydrogen-bond acceptors (Lipinski definition) is 2. The van der Waals surface area contributed by atoms with Crippen LogP contribution in [-0.2, 0) is 5.60 Å². The lowest BCUT2D eigenvalue weighted by atomic mass is 9.80. The smallest absolute Gasteiger partial charge is 0.381 e. The van der Waals surface area contributed by atoms with Crippen molar-refractivity contribution in [2.24, 2.45) is 0 Å². The highest BCUT2D eigenvalue weighted by Crippen LogP contribution is 2.71. The van der Waals surface area contributed by atoms with E-state index >= 15 is 0 Å². The van der Waals surface area contributed by atoms with Gasteiger partial charge in [-0.2, -0.15) is 35.1 Å². The monoisotopic (exact) mass is 424 g/mol. The van der Waals surface area contributed by atoms with Crippen molar-refractivity contribution in [2.45, 2.75) is 68.3 Å². The molecule has 1 fully saturated rings. The fourth-order valence-electron chi connectivity index (χ4n) is 3.15. The van der Waals surface area contributed by atoms with Crippen LogP contribution in [0.15, 0.2) is 24.3 Å². The Hall–Kier alpha value is -1.65. The molecule has 0 amide bonds. The molecule has 0 saturated heterocycles. The van der Waals surface area contributed by atoms with Crippen molar-refractivity contribution >= 4 is 0 Å². The van der Waals surface area contributed by atoms with Crippen LogP contribution in [0.1, 0.15) is 32.8 Å². The molecular formula is C17H17F9O2. The predicted molar refractivity (Wildman–Crippen MR) is 80.0 cm³/mol. The average Bonchev–Trinajstić information content (AvgIpc) is 2.57. The van der Waals surface area contributed by atoms with Crippen molar-refractivity contribution in [2.75, 3.05) is 0 Å². The Labute approximate surface area is 154 Å². The van der Waals surface area contributed by atoms with Gasteiger partial charge in [0.1, 0.15) is 5.75 Å². The average molecular weight is 424 g/mol. The summed E-state index contributed by atoms with van der Waals surface area (Å²) in [6.07, 6.45) is -3.00. The molecule has 0 heterocycles. The van der Waals surface area contributed by atoms with Gasteiger partial charge in [0.05, 0.1) is 11.7 Å². The fourth-order valence-corrected chi connectivity index (χ4v) is 3.15. The van der Waals surface area contributed by atoms with Crippen LogP contribution >= 0.6 is 0 Å². The maximum absolute atomic E-state index is 14.8. The summed E-state index contributed by atoms with van der Waals surface area (Å²) in [6, 6.07) is 4.73. The SMILES string of the molecule is CC(C)Oc1ccccc1C(C)(O)CC1(F)C(F)(F)C(F)(F)C(F)(F)C1(F)F. The normalized spacial score (nSPS) is 26.1. The predicted octanol–water partition coefficient (Wildman–Crippen LogP) is 5.33. The van der Waals surface area contributed by atoms with Crippen molar-refractivity contribution in [1.82, 2.24) is 0 Å². The summed E-state index contributed by atoms with van der Waals surface area (Å²) in [5, 5.41) is 10.4. The summed E-state index contributed by atoms with van der Waals surface area (Å²) in [5.74, 6) is -26.5. The standard InChI is InChI=1S/C17H17F9O2/c1-9(2)28-11-7-5-4-6-10(11)12(3,27)8-13(18)14(19,20)16(23,24)17(25,26)15(13,21)22/h4-7,9,27H,8H2,1-3H3. The molecule has 1 unspecified atom stereocenters. The van der Waals surface area contributed by atoms with E-state index in [1.807, 2.05) is 0 Å². The summed E-state index contributed by atoms with van der Waals surface area (Å²) >= 11 is 0. The molecule has 1 aromatic carbocycles. The lowest BCUT2D eigenvalue weighted by molar-refractivity contribution is -0.303. The van der Waals surface area contributed by atoms with Gasteiger partial charge in [0.2, 0.25) is 0 Å². The Morgan fingerprint density at radius 3 is 1.71 bits per heavy atom. The second-order valence-corrected chi connectivity index (χ2v) is 7.21. The zero-order chi connectivity index (χ0) is 22.0. The van der Waals surface area contributed by atoms with Crippen LogP contribution in [-0.4, -0.2) is 40.6 Å². The van der Waals surface area contributed by atoms with Gasteiger partial charge in [-0.15, -0.1) is 0 Å². The number of hydrogen-bond donors (Lipinski definition) is 1. The fraction of sp³-hybridized carbons (Fsp3) is 0.647. The van der Waals surface area contributed by atoms with Gasteiger partial charge in [0.15, 0.2) is 0 Å². The molecule has 1 aliphatic carbocycles. The molecule has 0 aliphatic heterocycles. The second kappa shape index (κ2) is 6.17. The van der Waals surface area contributed by atoms with Crippen LogP contribution in [0.3, 0.4) is 0 Å². The zero-order valence-corrected chi connectivity index (χ0v) is 14.9.